The minimum absolute atomic E-state index is 0.0602. The Morgan fingerprint density at radius 3 is 1.73 bits per heavy atom. The number of aromatic nitrogens is 1. The lowest BCUT2D eigenvalue weighted by molar-refractivity contribution is 0.229. The lowest BCUT2D eigenvalue weighted by Gasteiger charge is -2.36. The van der Waals surface area contributed by atoms with Crippen LogP contribution in [0.4, 0.5) is 5.69 Å². The summed E-state index contributed by atoms with van der Waals surface area (Å²) >= 11 is 0. The number of nitrogens with zero attached hydrogens (tertiary/aromatic N) is 2. The zero-order valence-electron chi connectivity index (χ0n) is 32.5. The zero-order valence-corrected chi connectivity index (χ0v) is 32.5. The molecule has 0 fully saturated rings. The van der Waals surface area contributed by atoms with Gasteiger partial charge in [0.15, 0.2) is 0 Å². The number of benzene rings is 5. The Hall–Kier alpha value is -4.56. The van der Waals surface area contributed by atoms with Crippen molar-refractivity contribution in [1.29, 1.82) is 0 Å². The summed E-state index contributed by atoms with van der Waals surface area (Å²) in [5.41, 5.74) is 13.6. The van der Waals surface area contributed by atoms with Crippen LogP contribution in [-0.2, 0) is 6.54 Å². The van der Waals surface area contributed by atoms with Crippen LogP contribution in [0.3, 0.4) is 0 Å². The molecule has 0 N–H and O–H groups in total. The molecule has 6 aromatic rings. The minimum Gasteiger partial charge on any atom is -0.372 e. The lowest BCUT2D eigenvalue weighted by Crippen LogP contribution is -2.23. The van der Waals surface area contributed by atoms with E-state index in [1.165, 1.54) is 61.2 Å². The molecule has 264 valence electrons. The summed E-state index contributed by atoms with van der Waals surface area (Å²) in [6, 6.07) is 48.2. The van der Waals surface area contributed by atoms with Crippen LogP contribution in [0, 0.1) is 17.8 Å². The fraction of sp³-hybridized carbons (Fsp3) is 0.347. The van der Waals surface area contributed by atoms with E-state index in [-0.39, 0.29) is 16.7 Å². The highest BCUT2D eigenvalue weighted by Gasteiger charge is 2.31. The molecule has 5 aromatic carbocycles. The highest BCUT2D eigenvalue weighted by molar-refractivity contribution is 5.94. The first kappa shape index (κ1) is 36.2. The molecule has 0 spiro atoms. The lowest BCUT2D eigenvalue weighted by atomic mass is 9.69. The van der Waals surface area contributed by atoms with Gasteiger partial charge in [0.2, 0.25) is 0 Å². The third kappa shape index (κ3) is 8.01. The second-order valence-corrected chi connectivity index (χ2v) is 16.8. The van der Waals surface area contributed by atoms with Crippen molar-refractivity contribution in [3.05, 3.63) is 161 Å². The highest BCUT2D eigenvalue weighted by Crippen LogP contribution is 2.46. The molecule has 0 saturated heterocycles. The summed E-state index contributed by atoms with van der Waals surface area (Å²) in [5, 5.41) is 1.31. The van der Waals surface area contributed by atoms with Crippen LogP contribution in [-0.4, -0.2) is 17.7 Å². The molecule has 2 unspecified atom stereocenters. The Kier molecular flexibility index (Phi) is 10.6. The van der Waals surface area contributed by atoms with E-state index in [9.17, 15) is 0 Å². The first-order valence-electron chi connectivity index (χ1n) is 19.0. The molecule has 51 heavy (non-hydrogen) atoms. The molecule has 0 aliphatic heterocycles. The molecule has 1 heterocycles. The Bertz CT molecular complexity index is 2010. The Labute approximate surface area is 308 Å². The number of para-hydroxylation sites is 1. The number of anilines is 1. The van der Waals surface area contributed by atoms with E-state index in [0.717, 1.165) is 26.1 Å². The zero-order chi connectivity index (χ0) is 36.3. The van der Waals surface area contributed by atoms with E-state index in [1.54, 1.807) is 0 Å². The molecule has 6 rings (SSSR count). The van der Waals surface area contributed by atoms with Crippen molar-refractivity contribution >= 4 is 16.6 Å². The Morgan fingerprint density at radius 2 is 1.16 bits per heavy atom. The molecule has 0 amide bonds. The van der Waals surface area contributed by atoms with E-state index in [4.69, 9.17) is 0 Å². The summed E-state index contributed by atoms with van der Waals surface area (Å²) in [4.78, 5) is 2.42. The predicted molar refractivity (Wildman–Crippen MR) is 221 cm³/mol. The molecule has 0 aliphatic rings. The van der Waals surface area contributed by atoms with E-state index < -0.39 is 0 Å². The molecule has 0 radical (unpaired) electrons. The quantitative estimate of drug-likeness (QED) is 0.133. The molecule has 0 saturated carbocycles. The SMILES string of the molecule is CCN(CC)c1ccc(C(c2ccc(C)cc2)c2c(-c3ccccc3)n(Cc3ccc(C(CC(C)(C)C)C(C)(C)C)cc3)c3ccccc23)cc1. The van der Waals surface area contributed by atoms with Gasteiger partial charge in [0.25, 0.3) is 0 Å². The molecule has 2 heteroatoms. The van der Waals surface area contributed by atoms with Crippen molar-refractivity contribution in [2.24, 2.45) is 10.8 Å². The Morgan fingerprint density at radius 1 is 0.608 bits per heavy atom. The van der Waals surface area contributed by atoms with Crippen molar-refractivity contribution in [3.63, 3.8) is 0 Å². The van der Waals surface area contributed by atoms with Crippen molar-refractivity contribution < 1.29 is 0 Å². The first-order chi connectivity index (χ1) is 24.4. The van der Waals surface area contributed by atoms with Gasteiger partial charge in [-0.15, -0.1) is 0 Å². The topological polar surface area (TPSA) is 8.17 Å². The normalized spacial score (nSPS) is 13.4. The van der Waals surface area contributed by atoms with Crippen molar-refractivity contribution in [1.82, 2.24) is 4.57 Å². The summed E-state index contributed by atoms with van der Waals surface area (Å²) in [6.45, 7) is 23.7. The summed E-state index contributed by atoms with van der Waals surface area (Å²) in [7, 11) is 0. The van der Waals surface area contributed by atoms with Crippen molar-refractivity contribution in [3.8, 4) is 11.3 Å². The molecule has 2 atom stereocenters. The van der Waals surface area contributed by atoms with Gasteiger partial charge in [-0.1, -0.05) is 156 Å². The van der Waals surface area contributed by atoms with E-state index >= 15 is 0 Å². The third-order valence-electron chi connectivity index (χ3n) is 10.7. The van der Waals surface area contributed by atoms with Gasteiger partial charge in [0.1, 0.15) is 0 Å². The average Bonchev–Trinajstić information content (AvgIpc) is 3.42. The maximum Gasteiger partial charge on any atom is 0.0536 e. The van der Waals surface area contributed by atoms with Crippen LogP contribution in [0.15, 0.2) is 127 Å². The Balaban J connectivity index is 1.54. The largest absolute Gasteiger partial charge is 0.372 e. The molecular formula is C49H58N2. The fourth-order valence-corrected chi connectivity index (χ4v) is 8.02. The van der Waals surface area contributed by atoms with Crippen LogP contribution < -0.4 is 4.90 Å². The smallest absolute Gasteiger partial charge is 0.0536 e. The maximum atomic E-state index is 2.58. The van der Waals surface area contributed by atoms with Crippen LogP contribution in [0.1, 0.15) is 107 Å². The molecule has 0 bridgehead atoms. The van der Waals surface area contributed by atoms with Gasteiger partial charge in [0.05, 0.1) is 5.69 Å². The first-order valence-corrected chi connectivity index (χ1v) is 19.0. The van der Waals surface area contributed by atoms with Gasteiger partial charge in [-0.3, -0.25) is 0 Å². The van der Waals surface area contributed by atoms with Crippen molar-refractivity contribution in [2.75, 3.05) is 18.0 Å². The summed E-state index contributed by atoms with van der Waals surface area (Å²) in [5.74, 6) is 0.554. The minimum atomic E-state index is 0.0602. The van der Waals surface area contributed by atoms with E-state index in [1.807, 2.05) is 0 Å². The van der Waals surface area contributed by atoms with Crippen LogP contribution in [0.2, 0.25) is 0 Å². The van der Waals surface area contributed by atoms with Gasteiger partial charge in [-0.2, -0.15) is 0 Å². The van der Waals surface area contributed by atoms with Crippen LogP contribution in [0.5, 0.6) is 0 Å². The molecule has 1 aromatic heterocycles. The number of aryl methyl sites for hydroxylation is 1. The number of rotatable bonds is 11. The van der Waals surface area contributed by atoms with Crippen molar-refractivity contribution in [2.45, 2.75) is 87.1 Å². The van der Waals surface area contributed by atoms with Crippen LogP contribution >= 0.6 is 0 Å². The summed E-state index contributed by atoms with van der Waals surface area (Å²) < 4.78 is 2.58. The summed E-state index contributed by atoms with van der Waals surface area (Å²) in [6.07, 6.45) is 1.16. The molecule has 2 nitrogen and oxygen atoms in total. The second-order valence-electron chi connectivity index (χ2n) is 16.8. The molecule has 0 aliphatic carbocycles. The number of hydrogen-bond acceptors (Lipinski definition) is 1. The standard InChI is InChI=1S/C49H58N2/c1-10-50(11-2)41-31-29-39(30-32-41)45(38-25-21-35(3)22-26-38)46-42-19-15-16-20-44(42)51(47(46)40-17-13-12-14-18-40)34-36-23-27-37(28-24-36)43(49(7,8)9)33-48(4,5)6/h12-32,43,45H,10-11,33-34H2,1-9H3. The van der Waals surface area contributed by atoms with Gasteiger partial charge in [-0.25, -0.2) is 0 Å². The van der Waals surface area contributed by atoms with Gasteiger partial charge in [-0.05, 0) is 95.5 Å². The highest BCUT2D eigenvalue weighted by atomic mass is 15.1. The molecular weight excluding hydrogens is 617 g/mol. The number of fused-ring (bicyclic) bond motifs is 1. The van der Waals surface area contributed by atoms with Gasteiger partial charge < -0.3 is 9.47 Å². The monoisotopic (exact) mass is 674 g/mol. The second kappa shape index (κ2) is 15.0. The number of hydrogen-bond donors (Lipinski definition) is 0. The third-order valence-corrected chi connectivity index (χ3v) is 10.7. The fourth-order valence-electron chi connectivity index (χ4n) is 8.02. The van der Waals surface area contributed by atoms with E-state index in [0.29, 0.717) is 5.92 Å². The van der Waals surface area contributed by atoms with E-state index in [2.05, 4.69) is 199 Å². The average molecular weight is 675 g/mol. The van der Waals surface area contributed by atoms with Gasteiger partial charge >= 0.3 is 0 Å². The maximum absolute atomic E-state index is 2.58. The van der Waals surface area contributed by atoms with Gasteiger partial charge in [0, 0.05) is 42.1 Å². The van der Waals surface area contributed by atoms with Crippen LogP contribution in [0.25, 0.3) is 22.2 Å². The predicted octanol–water partition coefficient (Wildman–Crippen LogP) is 13.3.